The van der Waals surface area contributed by atoms with E-state index >= 15 is 0 Å². The Morgan fingerprint density at radius 1 is 1.11 bits per heavy atom. The van der Waals surface area contributed by atoms with Crippen molar-refractivity contribution in [2.24, 2.45) is 5.92 Å². The Balaban J connectivity index is 2.00. The van der Waals surface area contributed by atoms with Crippen LogP contribution in [0.5, 0.6) is 11.5 Å². The molecule has 10 heteroatoms. The van der Waals surface area contributed by atoms with Crippen LogP contribution < -0.4 is 14.8 Å². The van der Waals surface area contributed by atoms with E-state index in [0.717, 1.165) is 0 Å². The molecule has 2 heterocycles. The molecule has 1 saturated heterocycles. The van der Waals surface area contributed by atoms with Gasteiger partial charge in [-0.1, -0.05) is 26.0 Å². The lowest BCUT2D eigenvalue weighted by Gasteiger charge is -2.40. The van der Waals surface area contributed by atoms with Gasteiger partial charge in [-0.2, -0.15) is 0 Å². The number of hydrogen-bond donors (Lipinski definition) is 1. The van der Waals surface area contributed by atoms with Gasteiger partial charge in [0, 0.05) is 56.9 Å². The summed E-state index contributed by atoms with van der Waals surface area (Å²) < 4.78 is 16.5. The second-order valence-corrected chi connectivity index (χ2v) is 8.86. The lowest BCUT2D eigenvalue weighted by Crippen LogP contribution is -2.53. The second-order valence-electron chi connectivity index (χ2n) is 8.86. The molecule has 0 bridgehead atoms. The highest BCUT2D eigenvalue weighted by Gasteiger charge is 2.39. The third-order valence-electron chi connectivity index (χ3n) is 6.37. The lowest BCUT2D eigenvalue weighted by atomic mass is 9.93. The molecule has 0 unspecified atom stereocenters. The van der Waals surface area contributed by atoms with Crippen LogP contribution in [0.15, 0.2) is 29.5 Å². The average Bonchev–Trinajstić information content (AvgIpc) is 2.86. The first-order chi connectivity index (χ1) is 16.7. The van der Waals surface area contributed by atoms with Crippen LogP contribution >= 0.6 is 0 Å². The van der Waals surface area contributed by atoms with Crippen LogP contribution in [0.1, 0.15) is 32.4 Å². The van der Waals surface area contributed by atoms with Crippen LogP contribution in [-0.2, 0) is 14.3 Å². The highest BCUT2D eigenvalue weighted by molar-refractivity contribution is 5.95. The zero-order chi connectivity index (χ0) is 25.7. The predicted octanol–water partition coefficient (Wildman–Crippen LogP) is 2.02. The minimum atomic E-state index is -0.776. The molecule has 1 aromatic rings. The van der Waals surface area contributed by atoms with E-state index < -0.39 is 12.0 Å². The number of amides is 3. The van der Waals surface area contributed by atoms with E-state index in [1.54, 1.807) is 32.2 Å². The molecule has 10 nitrogen and oxygen atoms in total. The first kappa shape index (κ1) is 26.3. The summed E-state index contributed by atoms with van der Waals surface area (Å²) in [5, 5.41) is 2.92. The minimum Gasteiger partial charge on any atom is -0.493 e. The molecule has 0 saturated carbocycles. The molecule has 0 radical (unpaired) electrons. The van der Waals surface area contributed by atoms with Crippen molar-refractivity contribution in [3.8, 4) is 11.5 Å². The Morgan fingerprint density at radius 3 is 2.37 bits per heavy atom. The largest absolute Gasteiger partial charge is 0.493 e. The van der Waals surface area contributed by atoms with E-state index in [2.05, 4.69) is 10.2 Å². The molecule has 3 rings (SSSR count). The van der Waals surface area contributed by atoms with Crippen molar-refractivity contribution in [3.05, 3.63) is 35.0 Å². The minimum absolute atomic E-state index is 0.0496. The lowest BCUT2D eigenvalue weighted by molar-refractivity contribution is -0.139. The van der Waals surface area contributed by atoms with Gasteiger partial charge in [0.25, 0.3) is 0 Å². The van der Waals surface area contributed by atoms with Crippen molar-refractivity contribution in [2.75, 3.05) is 60.6 Å². The van der Waals surface area contributed by atoms with E-state index in [0.29, 0.717) is 61.1 Å². The summed E-state index contributed by atoms with van der Waals surface area (Å²) in [4.78, 5) is 44.1. The molecular formula is C25H36N4O6. The molecule has 2 aliphatic heterocycles. The fraction of sp³-hybridized carbons (Fsp3) is 0.560. The number of hydrogen-bond acceptors (Lipinski definition) is 7. The molecule has 1 atom stereocenters. The number of likely N-dealkylation sites (N-methyl/N-ethyl adjacent to an activating group) is 1. The summed E-state index contributed by atoms with van der Waals surface area (Å²) in [5.74, 6) is 0.514. The van der Waals surface area contributed by atoms with Crippen molar-refractivity contribution < 1.29 is 28.6 Å². The molecule has 2 aliphatic rings. The second kappa shape index (κ2) is 11.4. The Hall–Kier alpha value is -3.27. The van der Waals surface area contributed by atoms with Gasteiger partial charge in [0.2, 0.25) is 5.91 Å². The van der Waals surface area contributed by atoms with E-state index in [-0.39, 0.29) is 24.5 Å². The van der Waals surface area contributed by atoms with E-state index in [1.807, 2.05) is 18.7 Å². The van der Waals surface area contributed by atoms with E-state index in [1.165, 1.54) is 19.1 Å². The Bertz CT molecular complexity index is 984. The molecule has 0 aliphatic carbocycles. The monoisotopic (exact) mass is 488 g/mol. The molecular weight excluding hydrogens is 452 g/mol. The number of methoxy groups -OCH3 is 2. The van der Waals surface area contributed by atoms with Gasteiger partial charge in [-0.3, -0.25) is 14.6 Å². The van der Waals surface area contributed by atoms with Crippen LogP contribution in [0.4, 0.5) is 4.79 Å². The number of carbonyl (C=O) groups excluding carboxylic acids is 3. The highest BCUT2D eigenvalue weighted by atomic mass is 16.5. The average molecular weight is 489 g/mol. The standard InChI is InChI=1S/C25H36N4O6/c1-7-35-24(31)20-18(15-28-11-13-29(14-12-28)23(30)16(2)3)27(4)25(32)26-21(20)17-9-8-10-19(33-5)22(17)34-6/h8-10,16,21H,7,11-15H2,1-6H3,(H,26,32)/t21-/m1/s1. The number of nitrogens with zero attached hydrogens (tertiary/aromatic N) is 3. The summed E-state index contributed by atoms with van der Waals surface area (Å²) in [6.45, 7) is 8.58. The summed E-state index contributed by atoms with van der Waals surface area (Å²) in [7, 11) is 4.69. The number of carbonyl (C=O) groups is 3. The Labute approximate surface area is 206 Å². The van der Waals surface area contributed by atoms with Crippen LogP contribution in [-0.4, -0.2) is 93.2 Å². The number of benzene rings is 1. The zero-order valence-electron chi connectivity index (χ0n) is 21.4. The summed E-state index contributed by atoms with van der Waals surface area (Å²) in [5.41, 5.74) is 1.51. The maximum Gasteiger partial charge on any atom is 0.338 e. The van der Waals surface area contributed by atoms with Crippen molar-refractivity contribution in [1.82, 2.24) is 20.0 Å². The van der Waals surface area contributed by atoms with Crippen LogP contribution in [0.2, 0.25) is 0 Å². The first-order valence-corrected chi connectivity index (χ1v) is 11.9. The van der Waals surface area contributed by atoms with Gasteiger partial charge in [0.05, 0.1) is 32.4 Å². The fourth-order valence-electron chi connectivity index (χ4n) is 4.47. The number of piperazine rings is 1. The number of urea groups is 1. The molecule has 35 heavy (non-hydrogen) atoms. The third-order valence-corrected chi connectivity index (χ3v) is 6.37. The number of ether oxygens (including phenoxy) is 3. The highest BCUT2D eigenvalue weighted by Crippen LogP contribution is 2.40. The number of nitrogens with one attached hydrogen (secondary N) is 1. The quantitative estimate of drug-likeness (QED) is 0.559. The maximum atomic E-state index is 13.3. The van der Waals surface area contributed by atoms with Crippen molar-refractivity contribution in [3.63, 3.8) is 0 Å². The van der Waals surface area contributed by atoms with Gasteiger partial charge >= 0.3 is 12.0 Å². The number of para-hydroxylation sites is 1. The van der Waals surface area contributed by atoms with Crippen molar-refractivity contribution in [1.29, 1.82) is 0 Å². The maximum absolute atomic E-state index is 13.3. The van der Waals surface area contributed by atoms with Crippen LogP contribution in [0, 0.1) is 5.92 Å². The number of rotatable bonds is 8. The van der Waals surface area contributed by atoms with Gasteiger partial charge in [0.15, 0.2) is 11.5 Å². The van der Waals surface area contributed by atoms with Gasteiger partial charge in [-0.15, -0.1) is 0 Å². The smallest absolute Gasteiger partial charge is 0.338 e. The van der Waals surface area contributed by atoms with Crippen molar-refractivity contribution in [2.45, 2.75) is 26.8 Å². The van der Waals surface area contributed by atoms with Gasteiger partial charge in [-0.25, -0.2) is 9.59 Å². The van der Waals surface area contributed by atoms with E-state index in [4.69, 9.17) is 14.2 Å². The Morgan fingerprint density at radius 2 is 1.80 bits per heavy atom. The molecule has 1 N–H and O–H groups in total. The predicted molar refractivity (Wildman–Crippen MR) is 130 cm³/mol. The summed E-state index contributed by atoms with van der Waals surface area (Å²) in [6, 6.07) is 4.23. The summed E-state index contributed by atoms with van der Waals surface area (Å²) in [6.07, 6.45) is 0. The van der Waals surface area contributed by atoms with Gasteiger partial charge < -0.3 is 24.4 Å². The van der Waals surface area contributed by atoms with Crippen LogP contribution in [0.25, 0.3) is 0 Å². The van der Waals surface area contributed by atoms with E-state index in [9.17, 15) is 14.4 Å². The molecule has 0 spiro atoms. The normalized spacial score (nSPS) is 19.1. The van der Waals surface area contributed by atoms with Gasteiger partial charge in [-0.05, 0) is 13.0 Å². The summed E-state index contributed by atoms with van der Waals surface area (Å²) >= 11 is 0. The topological polar surface area (TPSA) is 101 Å². The SMILES string of the molecule is CCOC(=O)C1=C(CN2CCN(C(=O)C(C)C)CC2)N(C)C(=O)N[C@@H]1c1cccc(OC)c1OC. The third kappa shape index (κ3) is 5.53. The van der Waals surface area contributed by atoms with Crippen LogP contribution in [0.3, 0.4) is 0 Å². The Kier molecular flexibility index (Phi) is 8.61. The molecule has 3 amide bonds. The number of esters is 1. The van der Waals surface area contributed by atoms with Crippen molar-refractivity contribution >= 4 is 17.9 Å². The van der Waals surface area contributed by atoms with Gasteiger partial charge in [0.1, 0.15) is 0 Å². The molecule has 1 aromatic carbocycles. The zero-order valence-corrected chi connectivity index (χ0v) is 21.4. The molecule has 0 aromatic heterocycles. The first-order valence-electron chi connectivity index (χ1n) is 11.9. The fourth-order valence-corrected chi connectivity index (χ4v) is 4.47. The molecule has 1 fully saturated rings. The molecule has 192 valence electrons.